The number of ether oxygens (including phenoxy) is 2. The van der Waals surface area contributed by atoms with Gasteiger partial charge in [0.2, 0.25) is 0 Å². The molecule has 0 saturated heterocycles. The second-order valence-corrected chi connectivity index (χ2v) is 9.17. The maximum Gasteiger partial charge on any atom is 0.407 e. The van der Waals surface area contributed by atoms with E-state index >= 15 is 0 Å². The van der Waals surface area contributed by atoms with Crippen LogP contribution in [0.25, 0.3) is 11.1 Å². The van der Waals surface area contributed by atoms with E-state index in [2.05, 4.69) is 5.32 Å². The van der Waals surface area contributed by atoms with Crippen molar-refractivity contribution < 1.29 is 29.0 Å². The summed E-state index contributed by atoms with van der Waals surface area (Å²) in [6.07, 6.45) is 0.377. The molecule has 1 N–H and O–H groups in total. The first-order valence-electron chi connectivity index (χ1n) is 11.2. The monoisotopic (exact) mass is 452 g/mol. The Morgan fingerprint density at radius 1 is 0.970 bits per heavy atom. The Hall–Kier alpha value is -3.35. The van der Waals surface area contributed by atoms with E-state index in [1.165, 1.54) is 0 Å². The molecule has 7 heteroatoms. The SMILES string of the molecule is CC(C)(C)OC(=O)CCCC[C@H](NC(=O)OCC1c2ccccc2-c2ccccc21)C(=O)[O-]. The average Bonchev–Trinajstić information content (AvgIpc) is 3.07. The quantitative estimate of drug-likeness (QED) is 0.461. The van der Waals surface area contributed by atoms with Crippen molar-refractivity contribution in [3.05, 3.63) is 59.7 Å². The first-order chi connectivity index (χ1) is 15.7. The summed E-state index contributed by atoms with van der Waals surface area (Å²) in [6.45, 7) is 5.46. The van der Waals surface area contributed by atoms with E-state index in [0.29, 0.717) is 12.8 Å². The number of carbonyl (C=O) groups excluding carboxylic acids is 3. The number of carboxylic acid groups (broad SMARTS) is 1. The Labute approximate surface area is 194 Å². The molecule has 0 spiro atoms. The minimum Gasteiger partial charge on any atom is -0.548 e. The van der Waals surface area contributed by atoms with Crippen molar-refractivity contribution in [1.29, 1.82) is 0 Å². The number of benzene rings is 2. The number of carboxylic acids is 1. The Kier molecular flexibility index (Phi) is 7.74. The van der Waals surface area contributed by atoms with Crippen LogP contribution in [-0.4, -0.2) is 36.3 Å². The van der Waals surface area contributed by atoms with Gasteiger partial charge in [0.05, 0.1) is 12.0 Å². The summed E-state index contributed by atoms with van der Waals surface area (Å²) in [5, 5.41) is 13.8. The number of esters is 1. The molecule has 0 bridgehead atoms. The number of hydrogen-bond donors (Lipinski definition) is 1. The van der Waals surface area contributed by atoms with Gasteiger partial charge in [-0.25, -0.2) is 4.79 Å². The van der Waals surface area contributed by atoms with Crippen molar-refractivity contribution in [3.63, 3.8) is 0 Å². The normalized spacial score (nSPS) is 13.5. The van der Waals surface area contributed by atoms with Crippen LogP contribution in [0.15, 0.2) is 48.5 Å². The molecule has 0 aliphatic heterocycles. The van der Waals surface area contributed by atoms with Crippen molar-refractivity contribution in [2.75, 3.05) is 6.61 Å². The van der Waals surface area contributed by atoms with E-state index in [1.54, 1.807) is 20.8 Å². The number of amides is 1. The van der Waals surface area contributed by atoms with Crippen LogP contribution in [0.3, 0.4) is 0 Å². The Morgan fingerprint density at radius 3 is 2.09 bits per heavy atom. The second-order valence-electron chi connectivity index (χ2n) is 9.17. The third-order valence-corrected chi connectivity index (χ3v) is 5.46. The van der Waals surface area contributed by atoms with Gasteiger partial charge in [-0.3, -0.25) is 4.79 Å². The molecular weight excluding hydrogens is 422 g/mol. The molecule has 1 atom stereocenters. The standard InChI is InChI=1S/C26H31NO6/c1-26(2,3)33-23(28)15-9-8-14-22(24(29)30)27-25(31)32-16-21-19-12-6-4-10-17(19)18-11-5-7-13-20(18)21/h4-7,10-13,21-22H,8-9,14-16H2,1-3H3,(H,27,31)(H,29,30)/p-1/t22-/m0/s1. The molecule has 1 aliphatic carbocycles. The van der Waals surface area contributed by atoms with E-state index < -0.39 is 23.7 Å². The van der Waals surface area contributed by atoms with E-state index in [9.17, 15) is 19.5 Å². The molecular formula is C26H30NO6-. The van der Waals surface area contributed by atoms with Crippen LogP contribution in [-0.2, 0) is 19.1 Å². The zero-order chi connectivity index (χ0) is 24.0. The minimum atomic E-state index is -1.39. The van der Waals surface area contributed by atoms with Gasteiger partial charge in [-0.2, -0.15) is 0 Å². The highest BCUT2D eigenvalue weighted by Crippen LogP contribution is 2.44. The van der Waals surface area contributed by atoms with Gasteiger partial charge in [-0.05, 0) is 55.9 Å². The molecule has 3 rings (SSSR count). The first kappa shape index (κ1) is 24.3. The van der Waals surface area contributed by atoms with Crippen LogP contribution in [0.5, 0.6) is 0 Å². The van der Waals surface area contributed by atoms with Crippen molar-refractivity contribution >= 4 is 18.0 Å². The fourth-order valence-electron chi connectivity index (χ4n) is 4.04. The third-order valence-electron chi connectivity index (χ3n) is 5.46. The van der Waals surface area contributed by atoms with Crippen LogP contribution in [0.1, 0.15) is 63.5 Å². The third kappa shape index (κ3) is 6.57. The maximum atomic E-state index is 12.3. The molecule has 0 unspecified atom stereocenters. The lowest BCUT2D eigenvalue weighted by Gasteiger charge is -2.21. The molecule has 176 valence electrons. The molecule has 2 aromatic carbocycles. The number of rotatable bonds is 9. The average molecular weight is 453 g/mol. The van der Waals surface area contributed by atoms with Gasteiger partial charge >= 0.3 is 12.1 Å². The summed E-state index contributed by atoms with van der Waals surface area (Å²) in [4.78, 5) is 35.6. The fraction of sp³-hybridized carbons (Fsp3) is 0.423. The molecule has 0 radical (unpaired) electrons. The number of unbranched alkanes of at least 4 members (excludes halogenated alkanes) is 1. The summed E-state index contributed by atoms with van der Waals surface area (Å²) < 4.78 is 10.6. The van der Waals surface area contributed by atoms with Crippen LogP contribution >= 0.6 is 0 Å². The molecule has 0 aromatic heterocycles. The van der Waals surface area contributed by atoms with Crippen LogP contribution < -0.4 is 10.4 Å². The number of hydrogen-bond acceptors (Lipinski definition) is 6. The largest absolute Gasteiger partial charge is 0.548 e. The zero-order valence-electron chi connectivity index (χ0n) is 19.3. The van der Waals surface area contributed by atoms with Crippen molar-refractivity contribution in [2.24, 2.45) is 0 Å². The highest BCUT2D eigenvalue weighted by atomic mass is 16.6. The second kappa shape index (κ2) is 10.5. The van der Waals surface area contributed by atoms with Gasteiger partial charge < -0.3 is 24.7 Å². The van der Waals surface area contributed by atoms with E-state index in [0.717, 1.165) is 22.3 Å². The number of alkyl carbamates (subject to hydrolysis) is 1. The van der Waals surface area contributed by atoms with Crippen molar-refractivity contribution in [3.8, 4) is 11.1 Å². The van der Waals surface area contributed by atoms with Gasteiger partial charge in [0, 0.05) is 12.3 Å². The van der Waals surface area contributed by atoms with Crippen LogP contribution in [0.4, 0.5) is 4.79 Å². The van der Waals surface area contributed by atoms with Gasteiger partial charge in [0.1, 0.15) is 12.2 Å². The molecule has 1 aliphatic rings. The van der Waals surface area contributed by atoms with E-state index in [4.69, 9.17) is 9.47 Å². The molecule has 0 saturated carbocycles. The fourth-order valence-corrected chi connectivity index (χ4v) is 4.04. The summed E-state index contributed by atoms with van der Waals surface area (Å²) in [6, 6.07) is 14.7. The highest BCUT2D eigenvalue weighted by molar-refractivity contribution is 5.80. The molecule has 33 heavy (non-hydrogen) atoms. The zero-order valence-corrected chi connectivity index (χ0v) is 19.3. The molecule has 2 aromatic rings. The Bertz CT molecular complexity index is 964. The predicted molar refractivity (Wildman–Crippen MR) is 121 cm³/mol. The predicted octanol–water partition coefficient (Wildman–Crippen LogP) is 3.55. The number of nitrogens with one attached hydrogen (secondary N) is 1. The van der Waals surface area contributed by atoms with Crippen LogP contribution in [0, 0.1) is 0 Å². The van der Waals surface area contributed by atoms with E-state index in [1.807, 2.05) is 48.5 Å². The summed E-state index contributed by atoms with van der Waals surface area (Å²) in [5.74, 6) is -1.84. The van der Waals surface area contributed by atoms with Crippen LogP contribution in [0.2, 0.25) is 0 Å². The topological polar surface area (TPSA) is 105 Å². The maximum absolute atomic E-state index is 12.3. The number of aliphatic carboxylic acids is 1. The molecule has 0 heterocycles. The number of carbonyl (C=O) groups is 3. The lowest BCUT2D eigenvalue weighted by atomic mass is 9.98. The van der Waals surface area contributed by atoms with Gasteiger partial charge in [-0.15, -0.1) is 0 Å². The van der Waals surface area contributed by atoms with Crippen molar-refractivity contribution in [1.82, 2.24) is 5.32 Å². The van der Waals surface area contributed by atoms with Crippen molar-refractivity contribution in [2.45, 2.75) is 64.0 Å². The molecule has 0 fully saturated rings. The van der Waals surface area contributed by atoms with E-state index in [-0.39, 0.29) is 31.3 Å². The highest BCUT2D eigenvalue weighted by Gasteiger charge is 2.29. The number of fused-ring (bicyclic) bond motifs is 3. The van der Waals surface area contributed by atoms with Gasteiger partial charge in [0.15, 0.2) is 0 Å². The van der Waals surface area contributed by atoms with Gasteiger partial charge in [-0.1, -0.05) is 55.0 Å². The Balaban J connectivity index is 1.50. The van der Waals surface area contributed by atoms with Gasteiger partial charge in [0.25, 0.3) is 0 Å². The molecule has 1 amide bonds. The summed E-state index contributed by atoms with van der Waals surface area (Å²) >= 11 is 0. The smallest absolute Gasteiger partial charge is 0.407 e. The first-order valence-corrected chi connectivity index (χ1v) is 11.2. The lowest BCUT2D eigenvalue weighted by Crippen LogP contribution is -2.48. The lowest BCUT2D eigenvalue weighted by molar-refractivity contribution is -0.308. The summed E-state index contributed by atoms with van der Waals surface area (Å²) in [7, 11) is 0. The summed E-state index contributed by atoms with van der Waals surface area (Å²) in [5.41, 5.74) is 3.81. The Morgan fingerprint density at radius 2 is 1.55 bits per heavy atom. The minimum absolute atomic E-state index is 0.0955. The molecule has 7 nitrogen and oxygen atoms in total.